The molecule has 0 spiro atoms. The Balaban J connectivity index is 0.00000106. The molecule has 0 atom stereocenters. The Morgan fingerprint density at radius 2 is 1.62 bits per heavy atom. The van der Waals surface area contributed by atoms with Crippen molar-refractivity contribution < 1.29 is 0 Å². The standard InChI is InChI=1S/C13H23N.C2H6/c1-6-8-9-12-10(3)13(7-2)14(5)11(12)4;1-2/h6-9H2,1-5H3;1-2H3. The summed E-state index contributed by atoms with van der Waals surface area (Å²) in [6.07, 6.45) is 5.00. The van der Waals surface area contributed by atoms with E-state index >= 15 is 0 Å². The van der Waals surface area contributed by atoms with Crippen molar-refractivity contribution in [1.29, 1.82) is 0 Å². The first-order chi connectivity index (χ1) is 7.63. The average Bonchev–Trinajstić information content (AvgIpc) is 2.51. The van der Waals surface area contributed by atoms with Crippen molar-refractivity contribution in [2.24, 2.45) is 7.05 Å². The SMILES string of the molecule is CC.CCCCc1c(C)c(CC)n(C)c1C. The third-order valence-corrected chi connectivity index (χ3v) is 3.35. The van der Waals surface area contributed by atoms with Crippen molar-refractivity contribution in [3.05, 3.63) is 22.5 Å². The maximum Gasteiger partial charge on any atom is 0.0203 e. The van der Waals surface area contributed by atoms with E-state index in [1.807, 2.05) is 13.8 Å². The molecule has 0 bridgehead atoms. The molecule has 1 aromatic rings. The van der Waals surface area contributed by atoms with Crippen LogP contribution in [0.25, 0.3) is 0 Å². The van der Waals surface area contributed by atoms with Crippen LogP contribution in [0.3, 0.4) is 0 Å². The summed E-state index contributed by atoms with van der Waals surface area (Å²) in [4.78, 5) is 0. The number of hydrogen-bond acceptors (Lipinski definition) is 0. The third-order valence-electron chi connectivity index (χ3n) is 3.35. The fraction of sp³-hybridized carbons (Fsp3) is 0.733. The van der Waals surface area contributed by atoms with Crippen LogP contribution < -0.4 is 0 Å². The maximum absolute atomic E-state index is 2.36. The summed E-state index contributed by atoms with van der Waals surface area (Å²) in [7, 11) is 2.19. The van der Waals surface area contributed by atoms with Crippen molar-refractivity contribution in [3.63, 3.8) is 0 Å². The summed E-state index contributed by atoms with van der Waals surface area (Å²) in [5.74, 6) is 0. The molecule has 1 aromatic heterocycles. The molecule has 0 amide bonds. The summed E-state index contributed by atoms with van der Waals surface area (Å²) in [6, 6.07) is 0. The zero-order valence-electron chi connectivity index (χ0n) is 12.3. The smallest absolute Gasteiger partial charge is 0.0203 e. The molecule has 0 fully saturated rings. The van der Waals surface area contributed by atoms with Gasteiger partial charge in [-0.2, -0.15) is 0 Å². The topological polar surface area (TPSA) is 4.93 Å². The van der Waals surface area contributed by atoms with E-state index in [2.05, 4.69) is 39.3 Å². The largest absolute Gasteiger partial charge is 0.351 e. The molecule has 1 heteroatoms. The quantitative estimate of drug-likeness (QED) is 0.704. The van der Waals surface area contributed by atoms with Crippen LogP contribution >= 0.6 is 0 Å². The summed E-state index contributed by atoms with van der Waals surface area (Å²) < 4.78 is 2.36. The molecule has 0 radical (unpaired) electrons. The molecule has 94 valence electrons. The van der Waals surface area contributed by atoms with Crippen LogP contribution in [-0.2, 0) is 19.9 Å². The molecule has 0 aromatic carbocycles. The molecule has 0 aliphatic carbocycles. The average molecular weight is 223 g/mol. The predicted molar refractivity (Wildman–Crippen MR) is 74.2 cm³/mol. The van der Waals surface area contributed by atoms with Crippen LogP contribution in [0.5, 0.6) is 0 Å². The zero-order valence-corrected chi connectivity index (χ0v) is 12.3. The van der Waals surface area contributed by atoms with E-state index in [1.165, 1.54) is 36.2 Å². The van der Waals surface area contributed by atoms with Gasteiger partial charge >= 0.3 is 0 Å². The van der Waals surface area contributed by atoms with Gasteiger partial charge in [-0.1, -0.05) is 34.1 Å². The van der Waals surface area contributed by atoms with Crippen molar-refractivity contribution in [2.45, 2.75) is 67.2 Å². The van der Waals surface area contributed by atoms with E-state index in [0.29, 0.717) is 0 Å². The van der Waals surface area contributed by atoms with Crippen LogP contribution in [0, 0.1) is 13.8 Å². The lowest BCUT2D eigenvalue weighted by Gasteiger charge is -2.02. The first-order valence-corrected chi connectivity index (χ1v) is 6.77. The van der Waals surface area contributed by atoms with E-state index in [1.54, 1.807) is 5.56 Å². The number of unbranched alkanes of at least 4 members (excludes halogenated alkanes) is 1. The molecular weight excluding hydrogens is 194 g/mol. The summed E-state index contributed by atoms with van der Waals surface area (Å²) >= 11 is 0. The van der Waals surface area contributed by atoms with Crippen LogP contribution in [0.1, 0.15) is 63.1 Å². The minimum absolute atomic E-state index is 1.15. The highest BCUT2D eigenvalue weighted by Gasteiger charge is 2.12. The van der Waals surface area contributed by atoms with E-state index in [-0.39, 0.29) is 0 Å². The molecule has 0 aliphatic rings. The fourth-order valence-electron chi connectivity index (χ4n) is 2.33. The van der Waals surface area contributed by atoms with Gasteiger partial charge in [0.25, 0.3) is 0 Å². The minimum atomic E-state index is 1.15. The van der Waals surface area contributed by atoms with E-state index in [4.69, 9.17) is 0 Å². The highest BCUT2D eigenvalue weighted by molar-refractivity contribution is 5.37. The van der Waals surface area contributed by atoms with E-state index in [9.17, 15) is 0 Å². The zero-order chi connectivity index (χ0) is 12.7. The predicted octanol–water partition coefficient (Wildman–Crippen LogP) is 4.57. The lowest BCUT2D eigenvalue weighted by molar-refractivity contribution is 0.772. The molecule has 0 aliphatic heterocycles. The number of nitrogens with zero attached hydrogens (tertiary/aromatic N) is 1. The van der Waals surface area contributed by atoms with Gasteiger partial charge in [0.2, 0.25) is 0 Å². The fourth-order valence-corrected chi connectivity index (χ4v) is 2.33. The molecule has 1 nitrogen and oxygen atoms in total. The van der Waals surface area contributed by atoms with Gasteiger partial charge in [-0.15, -0.1) is 0 Å². The first-order valence-electron chi connectivity index (χ1n) is 6.77. The first kappa shape index (κ1) is 15.3. The van der Waals surface area contributed by atoms with Crippen molar-refractivity contribution in [2.75, 3.05) is 0 Å². The Kier molecular flexibility index (Phi) is 7.20. The van der Waals surface area contributed by atoms with Crippen molar-refractivity contribution >= 4 is 0 Å². The number of hydrogen-bond donors (Lipinski definition) is 0. The van der Waals surface area contributed by atoms with Gasteiger partial charge in [0, 0.05) is 18.4 Å². The molecule has 16 heavy (non-hydrogen) atoms. The minimum Gasteiger partial charge on any atom is -0.351 e. The molecular formula is C15H29N. The normalized spacial score (nSPS) is 9.94. The molecule has 0 saturated carbocycles. The lowest BCUT2D eigenvalue weighted by Crippen LogP contribution is -1.97. The van der Waals surface area contributed by atoms with Crippen molar-refractivity contribution in [3.8, 4) is 0 Å². The highest BCUT2D eigenvalue weighted by atomic mass is 15.0. The molecule has 0 unspecified atom stereocenters. The highest BCUT2D eigenvalue weighted by Crippen LogP contribution is 2.23. The van der Waals surface area contributed by atoms with Crippen LogP contribution in [0.15, 0.2) is 0 Å². The van der Waals surface area contributed by atoms with Gasteiger partial charge < -0.3 is 4.57 Å². The molecule has 1 rings (SSSR count). The van der Waals surface area contributed by atoms with Gasteiger partial charge in [-0.25, -0.2) is 0 Å². The van der Waals surface area contributed by atoms with Gasteiger partial charge in [-0.05, 0) is 44.2 Å². The lowest BCUT2D eigenvalue weighted by atomic mass is 10.0. The second kappa shape index (κ2) is 7.54. The van der Waals surface area contributed by atoms with Gasteiger partial charge in [0.1, 0.15) is 0 Å². The molecule has 0 saturated heterocycles. The Morgan fingerprint density at radius 1 is 1.06 bits per heavy atom. The van der Waals surface area contributed by atoms with Crippen molar-refractivity contribution in [1.82, 2.24) is 4.57 Å². The summed E-state index contributed by atoms with van der Waals surface area (Å²) in [5.41, 5.74) is 6.09. The maximum atomic E-state index is 2.36. The summed E-state index contributed by atoms with van der Waals surface area (Å²) in [5, 5.41) is 0. The van der Waals surface area contributed by atoms with E-state index in [0.717, 1.165) is 6.42 Å². The Morgan fingerprint density at radius 3 is 2.00 bits per heavy atom. The second-order valence-electron chi connectivity index (χ2n) is 4.15. The Labute approximate surface area is 102 Å². The molecule has 0 N–H and O–H groups in total. The van der Waals surface area contributed by atoms with Gasteiger partial charge in [0.15, 0.2) is 0 Å². The number of rotatable bonds is 4. The molecule has 1 heterocycles. The van der Waals surface area contributed by atoms with Crippen LogP contribution in [-0.4, -0.2) is 4.57 Å². The van der Waals surface area contributed by atoms with Gasteiger partial charge in [-0.3, -0.25) is 0 Å². The Bertz CT molecular complexity index is 308. The Hall–Kier alpha value is -0.720. The van der Waals surface area contributed by atoms with Gasteiger partial charge in [0.05, 0.1) is 0 Å². The van der Waals surface area contributed by atoms with E-state index < -0.39 is 0 Å². The monoisotopic (exact) mass is 223 g/mol. The number of aromatic nitrogens is 1. The summed E-state index contributed by atoms with van der Waals surface area (Å²) in [6.45, 7) is 13.0. The third kappa shape index (κ3) is 3.13. The van der Waals surface area contributed by atoms with Crippen LogP contribution in [0.4, 0.5) is 0 Å². The van der Waals surface area contributed by atoms with Crippen LogP contribution in [0.2, 0.25) is 0 Å². The second-order valence-corrected chi connectivity index (χ2v) is 4.15.